The van der Waals surface area contributed by atoms with E-state index in [1.807, 2.05) is 11.8 Å². The van der Waals surface area contributed by atoms with Crippen molar-refractivity contribution in [3.8, 4) is 0 Å². The Morgan fingerprint density at radius 2 is 2.18 bits per heavy atom. The number of nitrogens with zero attached hydrogens (tertiary/aromatic N) is 2. The summed E-state index contributed by atoms with van der Waals surface area (Å²) in [6.45, 7) is 2.70. The standard InChI is InChI=1S/C15H23F2N3OS/c1-4-22-13-7-5-6-12(13)18-14(21)8-11-9(2)19-20(10(11)3)15(16)17/h12-13,15H,4-8H2,1-3H3,(H,18,21)/t12-,13-/m1/s1. The fraction of sp³-hybridized carbons (Fsp3) is 0.733. The van der Waals surface area contributed by atoms with E-state index >= 15 is 0 Å². The first-order chi connectivity index (χ1) is 10.4. The second-order valence-electron chi connectivity index (χ2n) is 5.65. The Labute approximate surface area is 134 Å². The maximum absolute atomic E-state index is 12.8. The summed E-state index contributed by atoms with van der Waals surface area (Å²) >= 11 is 1.88. The first kappa shape index (κ1) is 17.2. The molecule has 1 aromatic heterocycles. The number of halogens is 2. The van der Waals surface area contributed by atoms with Crippen molar-refractivity contribution in [1.82, 2.24) is 15.1 Å². The third-order valence-corrected chi connectivity index (χ3v) is 5.50. The molecule has 1 saturated carbocycles. The normalized spacial score (nSPS) is 21.5. The maximum Gasteiger partial charge on any atom is 0.333 e. The molecule has 1 N–H and O–H groups in total. The van der Waals surface area contributed by atoms with E-state index in [0.717, 1.165) is 25.0 Å². The van der Waals surface area contributed by atoms with Gasteiger partial charge in [-0.05, 0) is 32.4 Å². The molecule has 124 valence electrons. The highest BCUT2D eigenvalue weighted by Gasteiger charge is 2.29. The highest BCUT2D eigenvalue weighted by Crippen LogP contribution is 2.30. The molecule has 0 unspecified atom stereocenters. The summed E-state index contributed by atoms with van der Waals surface area (Å²) in [4.78, 5) is 12.3. The number of hydrogen-bond acceptors (Lipinski definition) is 3. The molecular weight excluding hydrogens is 308 g/mol. The van der Waals surface area contributed by atoms with Crippen molar-refractivity contribution in [3.05, 3.63) is 17.0 Å². The molecule has 0 aliphatic heterocycles. The Morgan fingerprint density at radius 3 is 2.77 bits per heavy atom. The highest BCUT2D eigenvalue weighted by atomic mass is 32.2. The van der Waals surface area contributed by atoms with Gasteiger partial charge in [0.15, 0.2) is 0 Å². The number of carbonyl (C=O) groups is 1. The van der Waals surface area contributed by atoms with Gasteiger partial charge in [-0.1, -0.05) is 13.3 Å². The SMILES string of the molecule is CCS[C@@H]1CCC[C@H]1NC(=O)Cc1c(C)nn(C(F)F)c1C. The zero-order chi connectivity index (χ0) is 16.3. The quantitative estimate of drug-likeness (QED) is 0.870. The summed E-state index contributed by atoms with van der Waals surface area (Å²) in [6.07, 6.45) is 3.37. The third kappa shape index (κ3) is 3.80. The van der Waals surface area contributed by atoms with Crippen LogP contribution in [0.5, 0.6) is 0 Å². The monoisotopic (exact) mass is 331 g/mol. The van der Waals surface area contributed by atoms with E-state index in [1.54, 1.807) is 13.8 Å². The van der Waals surface area contributed by atoms with Crippen molar-refractivity contribution in [2.75, 3.05) is 5.75 Å². The first-order valence-corrected chi connectivity index (χ1v) is 8.72. The molecule has 2 atom stereocenters. The number of amides is 1. The van der Waals surface area contributed by atoms with Crippen molar-refractivity contribution in [2.45, 2.75) is 64.3 Å². The Bertz CT molecular complexity index is 533. The Balaban J connectivity index is 2.00. The number of aryl methyl sites for hydroxylation is 1. The molecule has 1 heterocycles. The molecule has 1 amide bonds. The lowest BCUT2D eigenvalue weighted by atomic mass is 10.1. The fourth-order valence-corrected chi connectivity index (χ4v) is 4.26. The van der Waals surface area contributed by atoms with E-state index in [0.29, 0.717) is 26.9 Å². The van der Waals surface area contributed by atoms with Crippen LogP contribution < -0.4 is 5.32 Å². The molecule has 0 radical (unpaired) electrons. The van der Waals surface area contributed by atoms with Crippen molar-refractivity contribution in [2.24, 2.45) is 0 Å². The molecule has 1 aromatic rings. The molecule has 22 heavy (non-hydrogen) atoms. The van der Waals surface area contributed by atoms with Crippen molar-refractivity contribution in [1.29, 1.82) is 0 Å². The van der Waals surface area contributed by atoms with E-state index in [4.69, 9.17) is 0 Å². The number of alkyl halides is 2. The largest absolute Gasteiger partial charge is 0.352 e. The van der Waals surface area contributed by atoms with Gasteiger partial charge in [0.05, 0.1) is 12.1 Å². The van der Waals surface area contributed by atoms with Crippen molar-refractivity contribution >= 4 is 17.7 Å². The minimum absolute atomic E-state index is 0.103. The lowest BCUT2D eigenvalue weighted by Crippen LogP contribution is -2.39. The number of nitrogens with one attached hydrogen (secondary N) is 1. The van der Waals surface area contributed by atoms with Crippen LogP contribution in [-0.4, -0.2) is 32.7 Å². The summed E-state index contributed by atoms with van der Waals surface area (Å²) in [7, 11) is 0. The zero-order valence-electron chi connectivity index (χ0n) is 13.2. The average Bonchev–Trinajstić information content (AvgIpc) is 2.99. The minimum atomic E-state index is -2.67. The van der Waals surface area contributed by atoms with Gasteiger partial charge in [-0.2, -0.15) is 25.6 Å². The van der Waals surface area contributed by atoms with Crippen LogP contribution in [0.4, 0.5) is 8.78 Å². The topological polar surface area (TPSA) is 46.9 Å². The van der Waals surface area contributed by atoms with E-state index in [2.05, 4.69) is 17.3 Å². The van der Waals surface area contributed by atoms with Crippen LogP contribution in [-0.2, 0) is 11.2 Å². The number of aromatic nitrogens is 2. The van der Waals surface area contributed by atoms with Gasteiger partial charge in [-0.25, -0.2) is 4.68 Å². The molecule has 1 fully saturated rings. The van der Waals surface area contributed by atoms with E-state index in [9.17, 15) is 13.6 Å². The van der Waals surface area contributed by atoms with Crippen LogP contribution in [0, 0.1) is 13.8 Å². The van der Waals surface area contributed by atoms with Crippen LogP contribution >= 0.6 is 11.8 Å². The van der Waals surface area contributed by atoms with Crippen LogP contribution in [0.2, 0.25) is 0 Å². The average molecular weight is 331 g/mol. The van der Waals surface area contributed by atoms with Gasteiger partial charge in [-0.3, -0.25) is 4.79 Å². The summed E-state index contributed by atoms with van der Waals surface area (Å²) in [5.74, 6) is 0.935. The van der Waals surface area contributed by atoms with Gasteiger partial charge < -0.3 is 5.32 Å². The molecule has 0 spiro atoms. The molecule has 0 bridgehead atoms. The van der Waals surface area contributed by atoms with Crippen LogP contribution in [0.1, 0.15) is 49.7 Å². The van der Waals surface area contributed by atoms with Gasteiger partial charge in [-0.15, -0.1) is 0 Å². The zero-order valence-corrected chi connectivity index (χ0v) is 14.1. The van der Waals surface area contributed by atoms with Gasteiger partial charge >= 0.3 is 6.55 Å². The molecule has 2 rings (SSSR count). The summed E-state index contributed by atoms with van der Waals surface area (Å²) in [5.41, 5.74) is 1.47. The summed E-state index contributed by atoms with van der Waals surface area (Å²) in [5, 5.41) is 7.36. The number of carbonyl (C=O) groups excluding carboxylic acids is 1. The van der Waals surface area contributed by atoms with Crippen LogP contribution in [0.3, 0.4) is 0 Å². The molecular formula is C15H23F2N3OS. The first-order valence-electron chi connectivity index (χ1n) is 7.67. The van der Waals surface area contributed by atoms with Crippen LogP contribution in [0.25, 0.3) is 0 Å². The smallest absolute Gasteiger partial charge is 0.333 e. The fourth-order valence-electron chi connectivity index (χ4n) is 3.07. The highest BCUT2D eigenvalue weighted by molar-refractivity contribution is 7.99. The van der Waals surface area contributed by atoms with E-state index in [1.165, 1.54) is 0 Å². The predicted octanol–water partition coefficient (Wildman–Crippen LogP) is 3.23. The Morgan fingerprint density at radius 1 is 1.45 bits per heavy atom. The summed E-state index contributed by atoms with van der Waals surface area (Å²) in [6, 6.07) is 0.197. The van der Waals surface area contributed by atoms with Gasteiger partial charge in [0, 0.05) is 22.5 Å². The molecule has 0 aromatic carbocycles. The van der Waals surface area contributed by atoms with Gasteiger partial charge in [0.2, 0.25) is 5.91 Å². The Hall–Kier alpha value is -1.11. The van der Waals surface area contributed by atoms with Gasteiger partial charge in [0.25, 0.3) is 0 Å². The predicted molar refractivity (Wildman–Crippen MR) is 84.4 cm³/mol. The van der Waals surface area contributed by atoms with Crippen LogP contribution in [0.15, 0.2) is 0 Å². The molecule has 7 heteroatoms. The van der Waals surface area contributed by atoms with Crippen molar-refractivity contribution < 1.29 is 13.6 Å². The minimum Gasteiger partial charge on any atom is -0.352 e. The maximum atomic E-state index is 12.8. The molecule has 4 nitrogen and oxygen atoms in total. The summed E-state index contributed by atoms with van der Waals surface area (Å²) < 4.78 is 26.3. The second-order valence-corrected chi connectivity index (χ2v) is 7.16. The number of hydrogen-bond donors (Lipinski definition) is 1. The number of rotatable bonds is 6. The van der Waals surface area contributed by atoms with E-state index < -0.39 is 6.55 Å². The van der Waals surface area contributed by atoms with Crippen molar-refractivity contribution in [3.63, 3.8) is 0 Å². The number of thioether (sulfide) groups is 1. The molecule has 1 aliphatic rings. The third-order valence-electron chi connectivity index (χ3n) is 4.18. The lowest BCUT2D eigenvalue weighted by molar-refractivity contribution is -0.121. The lowest BCUT2D eigenvalue weighted by Gasteiger charge is -2.20. The molecule has 1 aliphatic carbocycles. The Kier molecular flexibility index (Phi) is 5.83. The molecule has 0 saturated heterocycles. The van der Waals surface area contributed by atoms with E-state index in [-0.39, 0.29) is 18.4 Å². The van der Waals surface area contributed by atoms with Gasteiger partial charge in [0.1, 0.15) is 0 Å². The second kappa shape index (κ2) is 7.44.